The number of hydrogen-bond acceptors (Lipinski definition) is 6. The van der Waals surface area contributed by atoms with Gasteiger partial charge in [-0.25, -0.2) is 0 Å². The van der Waals surface area contributed by atoms with E-state index in [4.69, 9.17) is 14.2 Å². The standard InChI is InChI=1S/C69H130O6/c1-4-7-10-13-16-18-20-22-24-26-27-28-29-30-31-32-33-34-35-36-37-38-39-40-41-43-44-46-48-50-53-56-59-62-68(71)74-65-66(64-73-67(70)61-58-55-52-15-12-9-6-3)75-69(72)63-60-57-54-51-49-47-45-42-25-23-21-19-17-14-11-8-5-2/h23,25-27,66H,4-22,24,28-65H2,1-3H3/b25-23-,27-26-. The zero-order chi connectivity index (χ0) is 54.3. The van der Waals surface area contributed by atoms with Gasteiger partial charge in [-0.15, -0.1) is 0 Å². The van der Waals surface area contributed by atoms with E-state index in [1.165, 1.54) is 283 Å². The van der Waals surface area contributed by atoms with E-state index in [1.54, 1.807) is 0 Å². The van der Waals surface area contributed by atoms with Gasteiger partial charge >= 0.3 is 17.9 Å². The molecule has 75 heavy (non-hydrogen) atoms. The summed E-state index contributed by atoms with van der Waals surface area (Å²) in [6, 6.07) is 0. The third-order valence-corrected chi connectivity index (χ3v) is 15.4. The molecule has 0 radical (unpaired) electrons. The van der Waals surface area contributed by atoms with Crippen molar-refractivity contribution in [2.24, 2.45) is 0 Å². The van der Waals surface area contributed by atoms with Gasteiger partial charge in [-0.2, -0.15) is 0 Å². The fourth-order valence-corrected chi connectivity index (χ4v) is 10.3. The molecule has 0 amide bonds. The minimum absolute atomic E-state index is 0.0676. The number of hydrogen-bond donors (Lipinski definition) is 0. The minimum Gasteiger partial charge on any atom is -0.462 e. The van der Waals surface area contributed by atoms with Crippen LogP contribution in [0.3, 0.4) is 0 Å². The number of ether oxygens (including phenoxy) is 3. The molecule has 0 heterocycles. The topological polar surface area (TPSA) is 78.9 Å². The van der Waals surface area contributed by atoms with Crippen molar-refractivity contribution in [1.29, 1.82) is 0 Å². The Balaban J connectivity index is 3.95. The lowest BCUT2D eigenvalue weighted by molar-refractivity contribution is -0.167. The highest BCUT2D eigenvalue weighted by atomic mass is 16.6. The van der Waals surface area contributed by atoms with Crippen LogP contribution < -0.4 is 0 Å². The Kier molecular flexibility index (Phi) is 62.6. The number of unbranched alkanes of at least 4 members (excludes halogenated alkanes) is 48. The van der Waals surface area contributed by atoms with E-state index < -0.39 is 6.10 Å². The molecule has 6 heteroatoms. The Labute approximate surface area is 468 Å². The van der Waals surface area contributed by atoms with Crippen LogP contribution in [0.25, 0.3) is 0 Å². The first-order valence-corrected chi connectivity index (χ1v) is 33.8. The van der Waals surface area contributed by atoms with Gasteiger partial charge in [0.1, 0.15) is 13.2 Å². The molecule has 0 aromatic heterocycles. The van der Waals surface area contributed by atoms with Gasteiger partial charge in [-0.3, -0.25) is 14.4 Å². The molecule has 0 spiro atoms. The Hall–Kier alpha value is -2.11. The van der Waals surface area contributed by atoms with Crippen molar-refractivity contribution in [1.82, 2.24) is 0 Å². The second kappa shape index (κ2) is 64.4. The summed E-state index contributed by atoms with van der Waals surface area (Å²) in [5.41, 5.74) is 0. The largest absolute Gasteiger partial charge is 0.462 e. The van der Waals surface area contributed by atoms with Crippen LogP contribution >= 0.6 is 0 Å². The van der Waals surface area contributed by atoms with E-state index in [0.717, 1.165) is 57.8 Å². The first-order valence-electron chi connectivity index (χ1n) is 33.8. The highest BCUT2D eigenvalue weighted by molar-refractivity contribution is 5.71. The second-order valence-electron chi connectivity index (χ2n) is 23.1. The molecule has 0 fully saturated rings. The predicted octanol–water partition coefficient (Wildman–Crippen LogP) is 23.0. The molecule has 0 rings (SSSR count). The summed E-state index contributed by atoms with van der Waals surface area (Å²) in [7, 11) is 0. The molecule has 0 aromatic rings. The van der Waals surface area contributed by atoms with Gasteiger partial charge in [0, 0.05) is 19.3 Å². The van der Waals surface area contributed by atoms with Gasteiger partial charge in [0.25, 0.3) is 0 Å². The lowest BCUT2D eigenvalue weighted by Gasteiger charge is -2.18. The van der Waals surface area contributed by atoms with Crippen LogP contribution in [0.2, 0.25) is 0 Å². The average molecular weight is 1060 g/mol. The first kappa shape index (κ1) is 72.9. The lowest BCUT2D eigenvalue weighted by Crippen LogP contribution is -2.30. The summed E-state index contributed by atoms with van der Waals surface area (Å²) in [4.78, 5) is 38.1. The number of rotatable bonds is 63. The maximum absolute atomic E-state index is 12.8. The van der Waals surface area contributed by atoms with Gasteiger partial charge in [0.05, 0.1) is 0 Å². The molecule has 0 N–H and O–H groups in total. The minimum atomic E-state index is -0.768. The Morgan fingerprint density at radius 3 is 0.667 bits per heavy atom. The summed E-state index contributed by atoms with van der Waals surface area (Å²) >= 11 is 0. The maximum atomic E-state index is 12.8. The molecule has 1 atom stereocenters. The van der Waals surface area contributed by atoms with Crippen LogP contribution in [0.5, 0.6) is 0 Å². The molecule has 6 nitrogen and oxygen atoms in total. The van der Waals surface area contributed by atoms with Gasteiger partial charge < -0.3 is 14.2 Å². The van der Waals surface area contributed by atoms with E-state index in [1.807, 2.05) is 0 Å². The Morgan fingerprint density at radius 2 is 0.440 bits per heavy atom. The van der Waals surface area contributed by atoms with Gasteiger partial charge in [0.15, 0.2) is 6.10 Å². The predicted molar refractivity (Wildman–Crippen MR) is 326 cm³/mol. The fourth-order valence-electron chi connectivity index (χ4n) is 10.3. The van der Waals surface area contributed by atoms with Crippen LogP contribution in [-0.2, 0) is 28.6 Å². The maximum Gasteiger partial charge on any atom is 0.306 e. The highest BCUT2D eigenvalue weighted by Crippen LogP contribution is 2.18. The number of carbonyl (C=O) groups is 3. The number of esters is 3. The molecule has 0 aliphatic rings. The van der Waals surface area contributed by atoms with Gasteiger partial charge in [0.2, 0.25) is 0 Å². The van der Waals surface area contributed by atoms with Crippen molar-refractivity contribution in [2.75, 3.05) is 13.2 Å². The molecule has 0 saturated heterocycles. The smallest absolute Gasteiger partial charge is 0.306 e. The lowest BCUT2D eigenvalue weighted by atomic mass is 10.0. The number of carbonyl (C=O) groups excluding carboxylic acids is 3. The molecule has 442 valence electrons. The first-order chi connectivity index (χ1) is 37.0. The molecule has 0 saturated carbocycles. The molecular formula is C69H130O6. The van der Waals surface area contributed by atoms with Crippen LogP contribution in [0.15, 0.2) is 24.3 Å². The summed E-state index contributed by atoms with van der Waals surface area (Å²) in [5.74, 6) is -0.855. The van der Waals surface area contributed by atoms with Crippen LogP contribution in [-0.4, -0.2) is 37.2 Å². The summed E-state index contributed by atoms with van der Waals surface area (Å²) < 4.78 is 16.8. The third kappa shape index (κ3) is 62.6. The van der Waals surface area contributed by atoms with E-state index in [0.29, 0.717) is 19.3 Å². The van der Waals surface area contributed by atoms with Crippen molar-refractivity contribution in [2.45, 2.75) is 386 Å². The normalized spacial score (nSPS) is 12.1. The van der Waals surface area contributed by atoms with Crippen molar-refractivity contribution < 1.29 is 28.6 Å². The Bertz CT molecular complexity index is 1210. The van der Waals surface area contributed by atoms with Gasteiger partial charge in [-0.1, -0.05) is 315 Å². The van der Waals surface area contributed by atoms with E-state index in [2.05, 4.69) is 45.1 Å². The van der Waals surface area contributed by atoms with E-state index in [-0.39, 0.29) is 31.1 Å². The van der Waals surface area contributed by atoms with Gasteiger partial charge in [-0.05, 0) is 70.6 Å². The molecule has 0 aromatic carbocycles. The van der Waals surface area contributed by atoms with E-state index >= 15 is 0 Å². The molecule has 0 bridgehead atoms. The van der Waals surface area contributed by atoms with Crippen molar-refractivity contribution in [3.05, 3.63) is 24.3 Å². The SMILES string of the molecule is CCCCCCCC/C=C\CCCCCCCCCC(=O)OC(COC(=O)CCCCCCCCC)COC(=O)CCCCCCCCCCCCCCCCCCCCCCC/C=C\CCCCCCCCCC. The fraction of sp³-hybridized carbons (Fsp3) is 0.899. The second-order valence-corrected chi connectivity index (χ2v) is 23.1. The summed E-state index contributed by atoms with van der Waals surface area (Å²) in [6.07, 6.45) is 78.1. The van der Waals surface area contributed by atoms with Crippen molar-refractivity contribution in [3.8, 4) is 0 Å². The third-order valence-electron chi connectivity index (χ3n) is 15.4. The molecule has 0 aliphatic carbocycles. The van der Waals surface area contributed by atoms with Crippen LogP contribution in [0.4, 0.5) is 0 Å². The Morgan fingerprint density at radius 1 is 0.253 bits per heavy atom. The van der Waals surface area contributed by atoms with E-state index in [9.17, 15) is 14.4 Å². The zero-order valence-corrected chi connectivity index (χ0v) is 50.8. The summed E-state index contributed by atoms with van der Waals surface area (Å²) in [5, 5.41) is 0. The molecular weight excluding hydrogens is 925 g/mol. The van der Waals surface area contributed by atoms with Crippen LogP contribution in [0.1, 0.15) is 380 Å². The van der Waals surface area contributed by atoms with Crippen LogP contribution in [0, 0.1) is 0 Å². The molecule has 1 unspecified atom stereocenters. The average Bonchev–Trinajstić information content (AvgIpc) is 3.41. The van der Waals surface area contributed by atoms with Crippen molar-refractivity contribution >= 4 is 17.9 Å². The highest BCUT2D eigenvalue weighted by Gasteiger charge is 2.19. The quantitative estimate of drug-likeness (QED) is 0.0261. The summed E-state index contributed by atoms with van der Waals surface area (Å²) in [6.45, 7) is 6.65. The van der Waals surface area contributed by atoms with Crippen molar-refractivity contribution in [3.63, 3.8) is 0 Å². The molecule has 0 aliphatic heterocycles. The monoisotopic (exact) mass is 1050 g/mol. The zero-order valence-electron chi connectivity index (χ0n) is 50.8. The number of allylic oxidation sites excluding steroid dienone is 4.